The van der Waals surface area contributed by atoms with Crippen LogP contribution < -0.4 is 9.80 Å². The summed E-state index contributed by atoms with van der Waals surface area (Å²) < 4.78 is 52.8. The maximum Gasteiger partial charge on any atom is 0.417 e. The summed E-state index contributed by atoms with van der Waals surface area (Å²) in [5.41, 5.74) is 6.94. The van der Waals surface area contributed by atoms with Gasteiger partial charge in [-0.15, -0.1) is 5.10 Å². The number of piperidine rings is 1. The Morgan fingerprint density at radius 1 is 1.14 bits per heavy atom. The van der Waals surface area contributed by atoms with Crippen LogP contribution in [0.25, 0.3) is 0 Å². The highest BCUT2D eigenvalue weighted by Gasteiger charge is 2.39. The molecule has 1 saturated carbocycles. The van der Waals surface area contributed by atoms with Gasteiger partial charge in [0.05, 0.1) is 5.56 Å². The van der Waals surface area contributed by atoms with Crippen LogP contribution in [0.1, 0.15) is 41.6 Å². The Balaban J connectivity index is 1.43. The molecule has 0 atom stereocenters. The Labute approximate surface area is 199 Å². The van der Waals surface area contributed by atoms with Gasteiger partial charge in [0.1, 0.15) is 6.34 Å². The standard InChI is InChI=1S/C23H25F4N7O/c1-32(14-30-31-28)17-4-2-15(3-5-17)22(35)34(18-6-7-18)19-8-10-33(11-9-19)21-20(24)12-16(13-29-21)23(25,26)27/h2-5,12-14,18-19,28H,6-11H2,1H3/b30-14-,31-28?. The van der Waals surface area contributed by atoms with Crippen LogP contribution in [0.2, 0.25) is 0 Å². The summed E-state index contributed by atoms with van der Waals surface area (Å²) in [6, 6.07) is 7.65. The van der Waals surface area contributed by atoms with Crippen molar-refractivity contribution < 1.29 is 22.4 Å². The molecule has 4 rings (SSSR count). The number of nitrogens with one attached hydrogen (secondary N) is 1. The first kappa shape index (κ1) is 24.6. The molecule has 8 nitrogen and oxygen atoms in total. The van der Waals surface area contributed by atoms with Crippen molar-refractivity contribution in [1.82, 2.24) is 9.88 Å². The van der Waals surface area contributed by atoms with Crippen molar-refractivity contribution in [1.29, 1.82) is 5.53 Å². The maximum absolute atomic E-state index is 14.4. The molecule has 186 valence electrons. The Hall–Kier alpha value is -3.57. The Morgan fingerprint density at radius 2 is 1.77 bits per heavy atom. The number of alkyl halides is 3. The molecule has 1 aromatic heterocycles. The largest absolute Gasteiger partial charge is 0.417 e. The second kappa shape index (κ2) is 9.96. The minimum Gasteiger partial charge on any atom is -0.354 e. The Kier molecular flexibility index (Phi) is 6.99. The van der Waals surface area contributed by atoms with Gasteiger partial charge in [0.25, 0.3) is 5.91 Å². The topological polar surface area (TPSA) is 88.2 Å². The van der Waals surface area contributed by atoms with Crippen LogP contribution in [0, 0.1) is 11.3 Å². The molecule has 1 N–H and O–H groups in total. The zero-order valence-corrected chi connectivity index (χ0v) is 19.0. The fourth-order valence-corrected chi connectivity index (χ4v) is 4.31. The minimum atomic E-state index is -4.65. The summed E-state index contributed by atoms with van der Waals surface area (Å²) in [5.74, 6) is -1.17. The van der Waals surface area contributed by atoms with Crippen LogP contribution in [-0.4, -0.2) is 54.4 Å². The zero-order valence-electron chi connectivity index (χ0n) is 19.0. The number of rotatable bonds is 7. The molecule has 1 aliphatic heterocycles. The van der Waals surface area contributed by atoms with E-state index in [1.54, 1.807) is 41.1 Å². The molecule has 2 aliphatic rings. The lowest BCUT2D eigenvalue weighted by atomic mass is 10.0. The first-order chi connectivity index (χ1) is 16.7. The molecule has 35 heavy (non-hydrogen) atoms. The molecule has 0 bridgehead atoms. The molecular formula is C23H25F4N7O. The number of hydrogen-bond donors (Lipinski definition) is 1. The fourth-order valence-electron chi connectivity index (χ4n) is 4.31. The number of carbonyl (C=O) groups is 1. The van der Waals surface area contributed by atoms with Crippen molar-refractivity contribution in [3.05, 3.63) is 53.5 Å². The lowest BCUT2D eigenvalue weighted by Crippen LogP contribution is -2.48. The van der Waals surface area contributed by atoms with Crippen molar-refractivity contribution >= 4 is 23.8 Å². The number of hydrogen-bond acceptors (Lipinski definition) is 5. The quantitative estimate of drug-likeness (QED) is 0.196. The molecular weight excluding hydrogens is 466 g/mol. The lowest BCUT2D eigenvalue weighted by molar-refractivity contribution is -0.138. The van der Waals surface area contributed by atoms with Gasteiger partial charge >= 0.3 is 6.18 Å². The molecule has 0 radical (unpaired) electrons. The van der Waals surface area contributed by atoms with E-state index in [0.717, 1.165) is 18.5 Å². The molecule has 1 amide bonds. The number of halogens is 4. The molecule has 1 aliphatic carbocycles. The fraction of sp³-hybridized carbons (Fsp3) is 0.435. The van der Waals surface area contributed by atoms with Gasteiger partial charge < -0.3 is 14.7 Å². The average Bonchev–Trinajstić information content (AvgIpc) is 3.68. The molecule has 2 fully saturated rings. The van der Waals surface area contributed by atoms with E-state index in [2.05, 4.69) is 15.3 Å². The summed E-state index contributed by atoms with van der Waals surface area (Å²) in [6.07, 6.45) is 0.381. The third-order valence-electron chi connectivity index (χ3n) is 6.29. The second-order valence-corrected chi connectivity index (χ2v) is 8.68. The number of amides is 1. The van der Waals surface area contributed by atoms with Crippen molar-refractivity contribution in [2.45, 2.75) is 43.9 Å². The van der Waals surface area contributed by atoms with E-state index >= 15 is 0 Å². The monoisotopic (exact) mass is 491 g/mol. The van der Waals surface area contributed by atoms with Crippen LogP contribution in [0.3, 0.4) is 0 Å². The molecule has 1 saturated heterocycles. The van der Waals surface area contributed by atoms with E-state index < -0.39 is 17.6 Å². The van der Waals surface area contributed by atoms with Crippen molar-refractivity contribution in [2.75, 3.05) is 29.9 Å². The highest BCUT2D eigenvalue weighted by atomic mass is 19.4. The number of carbonyl (C=O) groups excluding carboxylic acids is 1. The third-order valence-corrected chi connectivity index (χ3v) is 6.29. The van der Waals surface area contributed by atoms with Gasteiger partial charge in [-0.1, -0.05) is 5.22 Å². The maximum atomic E-state index is 14.4. The third kappa shape index (κ3) is 5.57. The van der Waals surface area contributed by atoms with Gasteiger partial charge in [0.15, 0.2) is 11.6 Å². The predicted molar refractivity (Wildman–Crippen MR) is 122 cm³/mol. The van der Waals surface area contributed by atoms with Gasteiger partial charge in [0, 0.05) is 49.7 Å². The number of nitrogens with zero attached hydrogens (tertiary/aromatic N) is 6. The molecule has 1 aromatic carbocycles. The summed E-state index contributed by atoms with van der Waals surface area (Å²) in [7, 11) is 1.75. The van der Waals surface area contributed by atoms with Gasteiger partial charge in [-0.2, -0.15) is 18.7 Å². The number of benzene rings is 1. The van der Waals surface area contributed by atoms with Crippen LogP contribution in [-0.2, 0) is 6.18 Å². The van der Waals surface area contributed by atoms with Crippen molar-refractivity contribution in [3.63, 3.8) is 0 Å². The van der Waals surface area contributed by atoms with Gasteiger partial charge in [-0.3, -0.25) is 4.79 Å². The molecule has 12 heteroatoms. The van der Waals surface area contributed by atoms with E-state index in [4.69, 9.17) is 5.53 Å². The summed E-state index contributed by atoms with van der Waals surface area (Å²) in [4.78, 5) is 22.3. The predicted octanol–water partition coefficient (Wildman–Crippen LogP) is 4.92. The number of pyridine rings is 1. The van der Waals surface area contributed by atoms with E-state index in [1.807, 2.05) is 4.90 Å². The van der Waals surface area contributed by atoms with Gasteiger partial charge in [-0.05, 0) is 56.0 Å². The Morgan fingerprint density at radius 3 is 2.31 bits per heavy atom. The lowest BCUT2D eigenvalue weighted by Gasteiger charge is -2.39. The van der Waals surface area contributed by atoms with Crippen LogP contribution in [0.5, 0.6) is 0 Å². The summed E-state index contributed by atoms with van der Waals surface area (Å²) in [5, 5.41) is 6.45. The summed E-state index contributed by atoms with van der Waals surface area (Å²) >= 11 is 0. The second-order valence-electron chi connectivity index (χ2n) is 8.68. The van der Waals surface area contributed by atoms with Crippen molar-refractivity contribution in [3.8, 4) is 0 Å². The van der Waals surface area contributed by atoms with E-state index in [-0.39, 0.29) is 23.8 Å². The number of aromatic nitrogens is 1. The average molecular weight is 491 g/mol. The smallest absolute Gasteiger partial charge is 0.354 e. The van der Waals surface area contributed by atoms with E-state index in [9.17, 15) is 22.4 Å². The number of anilines is 2. The van der Waals surface area contributed by atoms with E-state index in [1.165, 1.54) is 6.34 Å². The highest BCUT2D eigenvalue weighted by molar-refractivity contribution is 5.95. The molecule has 0 spiro atoms. The van der Waals surface area contributed by atoms with Crippen molar-refractivity contribution in [2.24, 2.45) is 10.3 Å². The SMILES string of the molecule is CN(/C=N\N=N)c1ccc(C(=O)N(C2CC2)C2CCN(c3ncc(C(F)(F)F)cc3F)CC2)cc1. The molecule has 0 unspecified atom stereocenters. The Bertz CT molecular complexity index is 1090. The zero-order chi connectivity index (χ0) is 25.2. The molecule has 2 heterocycles. The first-order valence-corrected chi connectivity index (χ1v) is 11.2. The van der Waals surface area contributed by atoms with Crippen LogP contribution >= 0.6 is 0 Å². The van der Waals surface area contributed by atoms with Crippen LogP contribution in [0.4, 0.5) is 29.1 Å². The van der Waals surface area contributed by atoms with Crippen LogP contribution in [0.15, 0.2) is 46.9 Å². The first-order valence-electron chi connectivity index (χ1n) is 11.2. The minimum absolute atomic E-state index is 0.0445. The highest BCUT2D eigenvalue weighted by Crippen LogP contribution is 2.35. The summed E-state index contributed by atoms with van der Waals surface area (Å²) in [6.45, 7) is 0.779. The van der Waals surface area contributed by atoms with Gasteiger partial charge in [-0.25, -0.2) is 9.37 Å². The van der Waals surface area contributed by atoms with E-state index in [0.29, 0.717) is 43.8 Å². The molecule has 2 aromatic rings. The normalized spacial score (nSPS) is 17.0. The van der Waals surface area contributed by atoms with Gasteiger partial charge in [0.2, 0.25) is 0 Å².